The lowest BCUT2D eigenvalue weighted by atomic mass is 10.0. The second-order valence-electron chi connectivity index (χ2n) is 7.85. The molecule has 0 fully saturated rings. The molecule has 0 aliphatic heterocycles. The summed E-state index contributed by atoms with van der Waals surface area (Å²) in [5.41, 5.74) is 1.31. The molecule has 0 unspecified atom stereocenters. The van der Waals surface area contributed by atoms with Gasteiger partial charge in [-0.1, -0.05) is 86.9 Å². The van der Waals surface area contributed by atoms with E-state index in [1.807, 2.05) is 0 Å². The largest absolute Gasteiger partial charge is 0.494 e. The minimum absolute atomic E-state index is 0.809. The van der Waals surface area contributed by atoms with E-state index in [2.05, 4.69) is 60.1 Å². The number of hydrogen-bond donors (Lipinski definition) is 0. The molecule has 0 saturated heterocycles. The molecule has 0 aliphatic carbocycles. The van der Waals surface area contributed by atoms with Gasteiger partial charge in [-0.3, -0.25) is 0 Å². The van der Waals surface area contributed by atoms with Crippen LogP contribution >= 0.6 is 15.9 Å². The lowest BCUT2D eigenvalue weighted by Gasteiger charge is -2.14. The fourth-order valence-corrected chi connectivity index (χ4v) is 4.14. The Kier molecular flexibility index (Phi) is 12.2. The van der Waals surface area contributed by atoms with Gasteiger partial charge in [0.1, 0.15) is 11.5 Å². The molecule has 0 saturated carbocycles. The minimum atomic E-state index is 0.809. The van der Waals surface area contributed by atoms with Gasteiger partial charge in [-0.05, 0) is 54.7 Å². The standard InChI is InChI=1S/C26H39BrO2/c1-3-5-6-12-19-28-23-15-16-25-22(21-23)14-17-26(24(25)4-2)29-20-13-10-8-7-9-11-18-27/h14-17,21H,3-13,18-20H2,1-2H3. The van der Waals surface area contributed by atoms with E-state index in [0.29, 0.717) is 0 Å². The molecule has 0 heterocycles. The van der Waals surface area contributed by atoms with Crippen LogP contribution in [0.1, 0.15) is 83.6 Å². The summed E-state index contributed by atoms with van der Waals surface area (Å²) in [6.07, 6.45) is 13.6. The van der Waals surface area contributed by atoms with Crippen LogP contribution in [-0.2, 0) is 6.42 Å². The summed E-state index contributed by atoms with van der Waals surface area (Å²) < 4.78 is 12.1. The lowest BCUT2D eigenvalue weighted by molar-refractivity contribution is 0.302. The monoisotopic (exact) mass is 462 g/mol. The van der Waals surface area contributed by atoms with Crippen LogP contribution in [-0.4, -0.2) is 18.5 Å². The highest BCUT2D eigenvalue weighted by molar-refractivity contribution is 9.09. The Labute approximate surface area is 186 Å². The zero-order valence-electron chi connectivity index (χ0n) is 18.5. The molecule has 0 aliphatic rings. The van der Waals surface area contributed by atoms with Crippen molar-refractivity contribution in [2.75, 3.05) is 18.5 Å². The molecule has 0 spiro atoms. The Balaban J connectivity index is 1.86. The molecule has 0 N–H and O–H groups in total. The van der Waals surface area contributed by atoms with Crippen LogP contribution in [0.15, 0.2) is 30.3 Å². The van der Waals surface area contributed by atoms with Crippen molar-refractivity contribution in [3.63, 3.8) is 0 Å². The maximum atomic E-state index is 6.16. The molecule has 0 bridgehead atoms. The summed E-state index contributed by atoms with van der Waals surface area (Å²) in [4.78, 5) is 0. The average molecular weight is 464 g/mol. The molecule has 162 valence electrons. The van der Waals surface area contributed by atoms with Crippen molar-refractivity contribution in [1.82, 2.24) is 0 Å². The number of rotatable bonds is 16. The first-order valence-electron chi connectivity index (χ1n) is 11.7. The number of ether oxygens (including phenoxy) is 2. The fourth-order valence-electron chi connectivity index (χ4n) is 3.75. The number of benzene rings is 2. The second kappa shape index (κ2) is 14.7. The zero-order chi connectivity index (χ0) is 20.7. The van der Waals surface area contributed by atoms with E-state index in [9.17, 15) is 0 Å². The van der Waals surface area contributed by atoms with Crippen LogP contribution < -0.4 is 9.47 Å². The summed E-state index contributed by atoms with van der Waals surface area (Å²) in [6.45, 7) is 6.07. The first-order valence-corrected chi connectivity index (χ1v) is 12.8. The topological polar surface area (TPSA) is 18.5 Å². The Morgan fingerprint density at radius 1 is 0.724 bits per heavy atom. The summed E-state index contributed by atoms with van der Waals surface area (Å²) in [5.74, 6) is 2.03. The van der Waals surface area contributed by atoms with E-state index in [1.165, 1.54) is 67.7 Å². The van der Waals surface area contributed by atoms with Crippen molar-refractivity contribution in [2.45, 2.75) is 84.5 Å². The molecule has 0 aromatic heterocycles. The van der Waals surface area contributed by atoms with Crippen LogP contribution in [0.3, 0.4) is 0 Å². The van der Waals surface area contributed by atoms with E-state index < -0.39 is 0 Å². The summed E-state index contributed by atoms with van der Waals surface area (Å²) in [5, 5.41) is 3.66. The third-order valence-corrected chi connectivity index (χ3v) is 6.03. The quantitative estimate of drug-likeness (QED) is 0.184. The highest BCUT2D eigenvalue weighted by Gasteiger charge is 2.08. The normalized spacial score (nSPS) is 11.1. The molecule has 0 atom stereocenters. The van der Waals surface area contributed by atoms with Gasteiger partial charge in [0.2, 0.25) is 0 Å². The van der Waals surface area contributed by atoms with E-state index >= 15 is 0 Å². The van der Waals surface area contributed by atoms with Gasteiger partial charge < -0.3 is 9.47 Å². The number of aryl methyl sites for hydroxylation is 1. The number of unbranched alkanes of at least 4 members (excludes halogenated alkanes) is 8. The van der Waals surface area contributed by atoms with Gasteiger partial charge in [-0.25, -0.2) is 0 Å². The van der Waals surface area contributed by atoms with Crippen molar-refractivity contribution < 1.29 is 9.47 Å². The molecule has 2 nitrogen and oxygen atoms in total. The zero-order valence-corrected chi connectivity index (χ0v) is 20.1. The Morgan fingerprint density at radius 2 is 1.41 bits per heavy atom. The van der Waals surface area contributed by atoms with Gasteiger partial charge in [-0.15, -0.1) is 0 Å². The van der Waals surface area contributed by atoms with Gasteiger partial charge >= 0.3 is 0 Å². The van der Waals surface area contributed by atoms with Crippen LogP contribution in [0, 0.1) is 0 Å². The molecule has 0 amide bonds. The van der Waals surface area contributed by atoms with E-state index in [1.54, 1.807) is 0 Å². The van der Waals surface area contributed by atoms with Crippen molar-refractivity contribution in [2.24, 2.45) is 0 Å². The van der Waals surface area contributed by atoms with Gasteiger partial charge in [-0.2, -0.15) is 0 Å². The highest BCUT2D eigenvalue weighted by atomic mass is 79.9. The maximum Gasteiger partial charge on any atom is 0.123 e. The Hall–Kier alpha value is -1.22. The molecule has 3 heteroatoms. The molecule has 2 rings (SSSR count). The highest BCUT2D eigenvalue weighted by Crippen LogP contribution is 2.31. The maximum absolute atomic E-state index is 6.16. The predicted molar refractivity (Wildman–Crippen MR) is 130 cm³/mol. The molecule has 2 aromatic rings. The third kappa shape index (κ3) is 8.58. The van der Waals surface area contributed by atoms with Crippen molar-refractivity contribution in [3.05, 3.63) is 35.9 Å². The number of alkyl halides is 1. The molecule has 0 radical (unpaired) electrons. The molecule has 29 heavy (non-hydrogen) atoms. The van der Waals surface area contributed by atoms with E-state index in [0.717, 1.165) is 49.3 Å². The van der Waals surface area contributed by atoms with E-state index in [-0.39, 0.29) is 0 Å². The first-order chi connectivity index (χ1) is 14.3. The fraction of sp³-hybridized carbons (Fsp3) is 0.615. The molecular formula is C26H39BrO2. The number of halogens is 1. The summed E-state index contributed by atoms with van der Waals surface area (Å²) in [6, 6.07) is 10.8. The summed E-state index contributed by atoms with van der Waals surface area (Å²) >= 11 is 3.50. The van der Waals surface area contributed by atoms with Gasteiger partial charge in [0.05, 0.1) is 13.2 Å². The van der Waals surface area contributed by atoms with Gasteiger partial charge in [0, 0.05) is 10.9 Å². The van der Waals surface area contributed by atoms with Crippen LogP contribution in [0.2, 0.25) is 0 Å². The summed E-state index contributed by atoms with van der Waals surface area (Å²) in [7, 11) is 0. The van der Waals surface area contributed by atoms with Crippen LogP contribution in [0.25, 0.3) is 10.8 Å². The van der Waals surface area contributed by atoms with Gasteiger partial charge in [0.25, 0.3) is 0 Å². The van der Waals surface area contributed by atoms with Crippen LogP contribution in [0.5, 0.6) is 11.5 Å². The number of hydrogen-bond acceptors (Lipinski definition) is 2. The van der Waals surface area contributed by atoms with Gasteiger partial charge in [0.15, 0.2) is 0 Å². The predicted octanol–water partition coefficient (Wildman–Crippen LogP) is 8.48. The number of fused-ring (bicyclic) bond motifs is 1. The Morgan fingerprint density at radius 3 is 2.14 bits per heavy atom. The third-order valence-electron chi connectivity index (χ3n) is 5.47. The smallest absolute Gasteiger partial charge is 0.123 e. The van der Waals surface area contributed by atoms with Crippen molar-refractivity contribution in [1.29, 1.82) is 0 Å². The van der Waals surface area contributed by atoms with Crippen molar-refractivity contribution in [3.8, 4) is 11.5 Å². The lowest BCUT2D eigenvalue weighted by Crippen LogP contribution is -2.01. The average Bonchev–Trinajstić information content (AvgIpc) is 2.75. The molecular weight excluding hydrogens is 424 g/mol. The second-order valence-corrected chi connectivity index (χ2v) is 8.64. The first kappa shape index (κ1) is 24.1. The molecule has 2 aromatic carbocycles. The minimum Gasteiger partial charge on any atom is -0.494 e. The van der Waals surface area contributed by atoms with Crippen molar-refractivity contribution >= 4 is 26.7 Å². The van der Waals surface area contributed by atoms with E-state index in [4.69, 9.17) is 9.47 Å². The van der Waals surface area contributed by atoms with Crippen LogP contribution in [0.4, 0.5) is 0 Å². The SMILES string of the molecule is CCCCCCOc1ccc2c(CC)c(OCCCCCCCCBr)ccc2c1. The Bertz CT molecular complexity index is 698.